The number of nitrogens with two attached hydrogens (primary N) is 1. The Kier molecular flexibility index (Phi) is 6.37. The number of H-pyrrole nitrogens is 1. The van der Waals surface area contributed by atoms with E-state index in [1.165, 1.54) is 23.9 Å². The first-order valence-corrected chi connectivity index (χ1v) is 12.3. The average molecular weight is 476 g/mol. The molecule has 0 saturated carbocycles. The van der Waals surface area contributed by atoms with Crippen LogP contribution >= 0.6 is 0 Å². The first kappa shape index (κ1) is 23.4. The minimum Gasteiger partial charge on any atom is -0.494 e. The van der Waals surface area contributed by atoms with Crippen molar-refractivity contribution in [3.63, 3.8) is 0 Å². The summed E-state index contributed by atoms with van der Waals surface area (Å²) in [5, 5.41) is 16.6. The third-order valence-corrected chi connectivity index (χ3v) is 6.63. The molecule has 4 rings (SSSR count). The number of fused-ring (bicyclic) bond motifs is 1. The smallest absolute Gasteiger partial charge is 0.258 e. The van der Waals surface area contributed by atoms with Gasteiger partial charge in [0.25, 0.3) is 5.56 Å². The number of rotatable bonds is 6. The molecule has 0 bridgehead atoms. The van der Waals surface area contributed by atoms with E-state index in [4.69, 9.17) is 5.14 Å². The molecular formula is C26H25N3O4S. The van der Waals surface area contributed by atoms with Gasteiger partial charge in [-0.15, -0.1) is 0 Å². The molecule has 0 radical (unpaired) electrons. The monoisotopic (exact) mass is 475 g/mol. The van der Waals surface area contributed by atoms with Gasteiger partial charge in [-0.05, 0) is 52.4 Å². The molecular weight excluding hydrogens is 450 g/mol. The number of aromatic amines is 1. The van der Waals surface area contributed by atoms with Crippen LogP contribution in [0.5, 0.6) is 5.88 Å². The fraction of sp³-hybridized carbons (Fsp3) is 0.154. The number of primary sulfonamides is 1. The summed E-state index contributed by atoms with van der Waals surface area (Å²) in [5.74, 6) is 0.165. The minimum atomic E-state index is -3.76. The molecule has 34 heavy (non-hydrogen) atoms. The van der Waals surface area contributed by atoms with Crippen LogP contribution in [0.3, 0.4) is 0 Å². The molecule has 4 N–H and O–H groups in total. The highest BCUT2D eigenvalue weighted by atomic mass is 32.2. The molecule has 7 nitrogen and oxygen atoms in total. The van der Waals surface area contributed by atoms with Crippen LogP contribution < -0.4 is 10.7 Å². The van der Waals surface area contributed by atoms with Gasteiger partial charge >= 0.3 is 0 Å². The van der Waals surface area contributed by atoms with Crippen molar-refractivity contribution < 1.29 is 13.5 Å². The molecule has 0 amide bonds. The van der Waals surface area contributed by atoms with Crippen LogP contribution in [0.4, 0.5) is 0 Å². The lowest BCUT2D eigenvalue weighted by molar-refractivity contribution is 0.452. The Morgan fingerprint density at radius 1 is 0.971 bits per heavy atom. The summed E-state index contributed by atoms with van der Waals surface area (Å²) in [4.78, 5) is 19.3. The van der Waals surface area contributed by atoms with Crippen molar-refractivity contribution >= 4 is 27.0 Å². The van der Waals surface area contributed by atoms with Crippen LogP contribution in [0.1, 0.15) is 36.5 Å². The van der Waals surface area contributed by atoms with Crippen molar-refractivity contribution in [2.24, 2.45) is 10.1 Å². The van der Waals surface area contributed by atoms with Crippen molar-refractivity contribution in [1.82, 2.24) is 4.98 Å². The Labute approximate surface area is 197 Å². The van der Waals surface area contributed by atoms with Crippen molar-refractivity contribution in [2.75, 3.05) is 0 Å². The number of hydrogen-bond acceptors (Lipinski definition) is 5. The second-order valence-electron chi connectivity index (χ2n) is 8.41. The molecule has 0 aliphatic heterocycles. The first-order valence-electron chi connectivity index (χ1n) is 10.7. The van der Waals surface area contributed by atoms with E-state index in [0.717, 1.165) is 16.7 Å². The van der Waals surface area contributed by atoms with E-state index in [1.807, 2.05) is 24.3 Å². The Hall–Kier alpha value is -3.75. The number of aromatic nitrogens is 1. The van der Waals surface area contributed by atoms with Crippen LogP contribution in [0.15, 0.2) is 81.4 Å². The number of aromatic hydroxyl groups is 1. The van der Waals surface area contributed by atoms with Gasteiger partial charge in [-0.1, -0.05) is 56.3 Å². The predicted molar refractivity (Wildman–Crippen MR) is 135 cm³/mol. The van der Waals surface area contributed by atoms with Crippen molar-refractivity contribution in [3.8, 4) is 17.0 Å². The SMILES string of the molecule is CC(C)c1ccc(-c2ccc3c(=O)[nH]c(O)c(C=NCc4ccc(S(N)(=O)=O)cc4)c3c2)cc1. The first-order chi connectivity index (χ1) is 16.1. The Morgan fingerprint density at radius 2 is 1.62 bits per heavy atom. The second kappa shape index (κ2) is 9.24. The van der Waals surface area contributed by atoms with Gasteiger partial charge in [0.15, 0.2) is 0 Å². The molecule has 174 valence electrons. The lowest BCUT2D eigenvalue weighted by atomic mass is 9.96. The molecule has 0 aliphatic rings. The lowest BCUT2D eigenvalue weighted by Crippen LogP contribution is -2.11. The van der Waals surface area contributed by atoms with E-state index in [9.17, 15) is 18.3 Å². The zero-order chi connectivity index (χ0) is 24.5. The number of nitrogens with zero attached hydrogens (tertiary/aromatic N) is 1. The fourth-order valence-electron chi connectivity index (χ4n) is 3.73. The highest BCUT2D eigenvalue weighted by Gasteiger charge is 2.12. The summed E-state index contributed by atoms with van der Waals surface area (Å²) in [6.45, 7) is 4.53. The Balaban J connectivity index is 1.69. The highest BCUT2D eigenvalue weighted by molar-refractivity contribution is 7.89. The fourth-order valence-corrected chi connectivity index (χ4v) is 4.25. The molecule has 3 aromatic carbocycles. The summed E-state index contributed by atoms with van der Waals surface area (Å²) in [5.41, 5.74) is 3.94. The zero-order valence-electron chi connectivity index (χ0n) is 18.8. The van der Waals surface area contributed by atoms with Crippen molar-refractivity contribution in [1.29, 1.82) is 0 Å². The zero-order valence-corrected chi connectivity index (χ0v) is 19.6. The number of sulfonamides is 1. The molecule has 0 atom stereocenters. The summed E-state index contributed by atoms with van der Waals surface area (Å²) in [7, 11) is -3.76. The van der Waals surface area contributed by atoms with Crippen LogP contribution in [-0.4, -0.2) is 24.7 Å². The standard InChI is InChI=1S/C26H25N3O4S/c1-16(2)18-5-7-19(8-6-18)20-9-12-22-23(13-20)24(26(31)29-25(22)30)15-28-14-17-3-10-21(11-4-17)34(27,32)33/h3-13,15-16H,14H2,1-2H3,(H2,27,32,33)(H2,29,30,31). The van der Waals surface area contributed by atoms with E-state index in [1.54, 1.807) is 18.2 Å². The predicted octanol–water partition coefficient (Wildman–Crippen LogP) is 4.29. The summed E-state index contributed by atoms with van der Waals surface area (Å²) in [6, 6.07) is 19.8. The normalized spacial score (nSPS) is 12.1. The van der Waals surface area contributed by atoms with Gasteiger partial charge in [0.1, 0.15) is 0 Å². The van der Waals surface area contributed by atoms with Crippen molar-refractivity contribution in [2.45, 2.75) is 31.2 Å². The largest absolute Gasteiger partial charge is 0.494 e. The van der Waals surface area contributed by atoms with Gasteiger partial charge in [0, 0.05) is 17.0 Å². The lowest BCUT2D eigenvalue weighted by Gasteiger charge is -2.10. The number of pyridine rings is 1. The molecule has 0 saturated heterocycles. The maximum absolute atomic E-state index is 12.4. The van der Waals surface area contributed by atoms with Gasteiger partial charge in [0.05, 0.1) is 17.0 Å². The number of aliphatic imine (C=N–C) groups is 1. The van der Waals surface area contributed by atoms with Gasteiger partial charge in [-0.3, -0.25) is 14.8 Å². The molecule has 0 aliphatic carbocycles. The third-order valence-electron chi connectivity index (χ3n) is 5.70. The quantitative estimate of drug-likeness (QED) is 0.360. The molecule has 8 heteroatoms. The molecule has 1 heterocycles. The highest BCUT2D eigenvalue weighted by Crippen LogP contribution is 2.28. The number of hydrogen-bond donors (Lipinski definition) is 3. The Morgan fingerprint density at radius 3 is 2.24 bits per heavy atom. The van der Waals surface area contributed by atoms with Crippen LogP contribution in [-0.2, 0) is 16.6 Å². The van der Waals surface area contributed by atoms with E-state index < -0.39 is 10.0 Å². The van der Waals surface area contributed by atoms with E-state index in [-0.39, 0.29) is 22.9 Å². The molecule has 0 spiro atoms. The third kappa shape index (κ3) is 4.93. The maximum Gasteiger partial charge on any atom is 0.258 e. The topological polar surface area (TPSA) is 126 Å². The van der Waals surface area contributed by atoms with Gasteiger partial charge in [0.2, 0.25) is 15.9 Å². The summed E-state index contributed by atoms with van der Waals surface area (Å²) < 4.78 is 22.8. The average Bonchev–Trinajstić information content (AvgIpc) is 2.80. The molecule has 4 aromatic rings. The van der Waals surface area contributed by atoms with E-state index >= 15 is 0 Å². The van der Waals surface area contributed by atoms with Gasteiger partial charge in [-0.25, -0.2) is 13.6 Å². The maximum atomic E-state index is 12.4. The van der Waals surface area contributed by atoms with E-state index in [2.05, 4.69) is 36.0 Å². The second-order valence-corrected chi connectivity index (χ2v) is 9.97. The summed E-state index contributed by atoms with van der Waals surface area (Å²) >= 11 is 0. The number of nitrogens with one attached hydrogen (secondary N) is 1. The minimum absolute atomic E-state index is 0.0264. The number of benzene rings is 3. The summed E-state index contributed by atoms with van der Waals surface area (Å²) in [6.07, 6.45) is 1.51. The Bertz CT molecular complexity index is 1540. The van der Waals surface area contributed by atoms with Crippen LogP contribution in [0, 0.1) is 0 Å². The van der Waals surface area contributed by atoms with Crippen LogP contribution in [0.2, 0.25) is 0 Å². The van der Waals surface area contributed by atoms with Crippen LogP contribution in [0.25, 0.3) is 21.9 Å². The molecule has 0 unspecified atom stereocenters. The molecule has 0 fully saturated rings. The van der Waals surface area contributed by atoms with E-state index in [0.29, 0.717) is 22.3 Å². The van der Waals surface area contributed by atoms with Crippen molar-refractivity contribution in [3.05, 3.63) is 93.8 Å². The van der Waals surface area contributed by atoms with Gasteiger partial charge < -0.3 is 5.11 Å². The molecule has 1 aromatic heterocycles. The van der Waals surface area contributed by atoms with Gasteiger partial charge in [-0.2, -0.15) is 0 Å².